The normalized spacial score (nSPS) is 12.6. The maximum absolute atomic E-state index is 4.67. The average Bonchev–Trinajstić information content (AvgIpc) is 3.16. The van der Waals surface area contributed by atoms with Crippen LogP contribution in [0.5, 0.6) is 0 Å². The highest BCUT2D eigenvalue weighted by molar-refractivity contribution is 14.0. The Kier molecular flexibility index (Phi) is 10.0. The summed E-state index contributed by atoms with van der Waals surface area (Å²) in [6.45, 7) is 7.43. The second kappa shape index (κ2) is 12.5. The molecular formula is C22H32IN7. The number of fused-ring (bicyclic) bond motifs is 1. The van der Waals surface area contributed by atoms with Crippen LogP contribution in [0.3, 0.4) is 0 Å². The first-order valence-electron chi connectivity index (χ1n) is 10.2. The van der Waals surface area contributed by atoms with Crippen LogP contribution >= 0.6 is 24.0 Å². The van der Waals surface area contributed by atoms with Crippen LogP contribution in [0.2, 0.25) is 0 Å². The first-order chi connectivity index (χ1) is 14.2. The third-order valence-corrected chi connectivity index (χ3v) is 4.99. The molecule has 0 aliphatic heterocycles. The van der Waals surface area contributed by atoms with Gasteiger partial charge in [-0.05, 0) is 45.0 Å². The Labute approximate surface area is 196 Å². The van der Waals surface area contributed by atoms with Gasteiger partial charge in [-0.2, -0.15) is 0 Å². The van der Waals surface area contributed by atoms with Crippen LogP contribution < -0.4 is 10.6 Å². The van der Waals surface area contributed by atoms with E-state index >= 15 is 0 Å². The van der Waals surface area contributed by atoms with Crippen molar-refractivity contribution < 1.29 is 0 Å². The molecule has 0 radical (unpaired) electrons. The van der Waals surface area contributed by atoms with Crippen molar-refractivity contribution in [3.05, 3.63) is 66.1 Å². The van der Waals surface area contributed by atoms with E-state index in [9.17, 15) is 0 Å². The lowest BCUT2D eigenvalue weighted by Crippen LogP contribution is -2.40. The number of nitrogens with zero attached hydrogens (tertiary/aromatic N) is 5. The highest BCUT2D eigenvalue weighted by atomic mass is 127. The number of nitrogens with one attached hydrogen (secondary N) is 2. The number of aliphatic imine (C=N–C) groups is 1. The Balaban J connectivity index is 0.00000320. The second-order valence-corrected chi connectivity index (χ2v) is 7.21. The largest absolute Gasteiger partial charge is 0.357 e. The summed E-state index contributed by atoms with van der Waals surface area (Å²) in [7, 11) is 2.17. The Morgan fingerprint density at radius 1 is 1.10 bits per heavy atom. The third-order valence-electron chi connectivity index (χ3n) is 4.99. The molecule has 0 aliphatic rings. The highest BCUT2D eigenvalue weighted by Crippen LogP contribution is 2.08. The first kappa shape index (κ1) is 24.1. The van der Waals surface area contributed by atoms with E-state index in [0.717, 1.165) is 43.5 Å². The molecule has 1 atom stereocenters. The maximum atomic E-state index is 4.67. The minimum Gasteiger partial charge on any atom is -0.357 e. The molecule has 0 aliphatic carbocycles. The number of rotatable bonds is 9. The van der Waals surface area contributed by atoms with Crippen LogP contribution in [0.25, 0.3) is 5.65 Å². The van der Waals surface area contributed by atoms with Gasteiger partial charge in [-0.3, -0.25) is 9.30 Å². The number of hydrogen-bond donors (Lipinski definition) is 2. The van der Waals surface area contributed by atoms with Gasteiger partial charge in [0.05, 0.1) is 0 Å². The van der Waals surface area contributed by atoms with Crippen molar-refractivity contribution in [3.8, 4) is 0 Å². The zero-order valence-corrected chi connectivity index (χ0v) is 20.3. The highest BCUT2D eigenvalue weighted by Gasteiger charge is 2.10. The second-order valence-electron chi connectivity index (χ2n) is 7.21. The molecule has 0 bridgehead atoms. The van der Waals surface area contributed by atoms with Gasteiger partial charge < -0.3 is 10.6 Å². The van der Waals surface area contributed by atoms with Crippen LogP contribution in [-0.2, 0) is 13.1 Å². The van der Waals surface area contributed by atoms with Crippen molar-refractivity contribution in [2.75, 3.05) is 20.1 Å². The number of guanidine groups is 1. The molecule has 1 unspecified atom stereocenters. The molecule has 0 spiro atoms. The molecule has 2 N–H and O–H groups in total. The Morgan fingerprint density at radius 3 is 2.63 bits per heavy atom. The molecule has 0 saturated carbocycles. The molecule has 162 valence electrons. The zero-order valence-electron chi connectivity index (χ0n) is 18.0. The Hall–Kier alpha value is -2.20. The number of benzene rings is 1. The van der Waals surface area contributed by atoms with Crippen molar-refractivity contribution in [2.45, 2.75) is 39.4 Å². The lowest BCUT2D eigenvalue weighted by Gasteiger charge is -2.25. The van der Waals surface area contributed by atoms with E-state index in [1.807, 2.05) is 28.8 Å². The Morgan fingerprint density at radius 2 is 1.87 bits per heavy atom. The van der Waals surface area contributed by atoms with E-state index < -0.39 is 0 Å². The number of aromatic nitrogens is 3. The van der Waals surface area contributed by atoms with Gasteiger partial charge in [0.1, 0.15) is 6.54 Å². The van der Waals surface area contributed by atoms with Crippen molar-refractivity contribution >= 4 is 35.6 Å². The fraction of sp³-hybridized carbons (Fsp3) is 0.409. The molecule has 7 nitrogen and oxygen atoms in total. The van der Waals surface area contributed by atoms with Crippen LogP contribution in [0.15, 0.2) is 59.7 Å². The topological polar surface area (TPSA) is 69.8 Å². The lowest BCUT2D eigenvalue weighted by molar-refractivity contribution is 0.238. The summed E-state index contributed by atoms with van der Waals surface area (Å²) < 4.78 is 1.97. The summed E-state index contributed by atoms with van der Waals surface area (Å²) in [6, 6.07) is 16.9. The minimum absolute atomic E-state index is 0. The van der Waals surface area contributed by atoms with Gasteiger partial charge in [-0.1, -0.05) is 36.4 Å². The predicted molar refractivity (Wildman–Crippen MR) is 133 cm³/mol. The van der Waals surface area contributed by atoms with E-state index in [1.165, 1.54) is 5.56 Å². The van der Waals surface area contributed by atoms with Gasteiger partial charge >= 0.3 is 0 Å². The van der Waals surface area contributed by atoms with Crippen molar-refractivity contribution in [1.29, 1.82) is 0 Å². The van der Waals surface area contributed by atoms with E-state index in [2.05, 4.69) is 82.0 Å². The SMILES string of the molecule is CCNC(=NCc1nnc2ccccn12)NCCC(C)N(C)Cc1ccccc1.I. The summed E-state index contributed by atoms with van der Waals surface area (Å²) in [6.07, 6.45) is 2.99. The van der Waals surface area contributed by atoms with E-state index in [0.29, 0.717) is 12.6 Å². The third kappa shape index (κ3) is 6.94. The van der Waals surface area contributed by atoms with Gasteiger partial charge in [0.15, 0.2) is 17.4 Å². The number of halogens is 1. The van der Waals surface area contributed by atoms with Crippen molar-refractivity contribution in [1.82, 2.24) is 30.1 Å². The van der Waals surface area contributed by atoms with Crippen molar-refractivity contribution in [3.63, 3.8) is 0 Å². The van der Waals surface area contributed by atoms with E-state index in [-0.39, 0.29) is 24.0 Å². The van der Waals surface area contributed by atoms with Crippen LogP contribution in [0, 0.1) is 0 Å². The van der Waals surface area contributed by atoms with Gasteiger partial charge in [-0.15, -0.1) is 34.2 Å². The molecule has 0 saturated heterocycles. The maximum Gasteiger partial charge on any atom is 0.191 e. The number of pyridine rings is 1. The Bertz CT molecular complexity index is 910. The molecule has 3 aromatic rings. The standard InChI is InChI=1S/C22H31N7.HI/c1-4-23-22(25-16-21-27-26-20-12-8-9-15-29(20)21)24-14-13-18(2)28(3)17-19-10-6-5-7-11-19;/h5-12,15,18H,4,13-14,16-17H2,1-3H3,(H2,23,24,25);1H. The van der Waals surface area contributed by atoms with E-state index in [1.54, 1.807) is 0 Å². The average molecular weight is 521 g/mol. The fourth-order valence-electron chi connectivity index (χ4n) is 3.14. The molecule has 1 aromatic carbocycles. The summed E-state index contributed by atoms with van der Waals surface area (Å²) >= 11 is 0. The fourth-order valence-corrected chi connectivity index (χ4v) is 3.14. The summed E-state index contributed by atoms with van der Waals surface area (Å²) in [4.78, 5) is 7.05. The molecule has 3 rings (SSSR count). The summed E-state index contributed by atoms with van der Waals surface area (Å²) in [5, 5.41) is 15.2. The van der Waals surface area contributed by atoms with Crippen molar-refractivity contribution in [2.24, 2.45) is 4.99 Å². The lowest BCUT2D eigenvalue weighted by atomic mass is 10.1. The smallest absolute Gasteiger partial charge is 0.191 e. The molecule has 30 heavy (non-hydrogen) atoms. The number of hydrogen-bond acceptors (Lipinski definition) is 4. The molecule has 8 heteroatoms. The van der Waals surface area contributed by atoms with Gasteiger partial charge in [0.2, 0.25) is 0 Å². The predicted octanol–water partition coefficient (Wildman–Crippen LogP) is 3.31. The van der Waals surface area contributed by atoms with Gasteiger partial charge in [-0.25, -0.2) is 4.99 Å². The monoisotopic (exact) mass is 521 g/mol. The van der Waals surface area contributed by atoms with Gasteiger partial charge in [0, 0.05) is 31.9 Å². The van der Waals surface area contributed by atoms with Gasteiger partial charge in [0.25, 0.3) is 0 Å². The minimum atomic E-state index is 0. The van der Waals surface area contributed by atoms with Crippen LogP contribution in [0.1, 0.15) is 31.7 Å². The molecule has 0 amide bonds. The van der Waals surface area contributed by atoms with E-state index in [4.69, 9.17) is 0 Å². The van der Waals surface area contributed by atoms with Crippen LogP contribution in [0.4, 0.5) is 0 Å². The molecule has 2 aromatic heterocycles. The first-order valence-corrected chi connectivity index (χ1v) is 10.2. The zero-order chi connectivity index (χ0) is 20.5. The quantitative estimate of drug-likeness (QED) is 0.257. The van der Waals surface area contributed by atoms with Crippen LogP contribution in [-0.4, -0.2) is 51.6 Å². The molecular weight excluding hydrogens is 489 g/mol. The molecule has 2 heterocycles. The molecule has 0 fully saturated rings. The summed E-state index contributed by atoms with van der Waals surface area (Å²) in [5.41, 5.74) is 2.18. The summed E-state index contributed by atoms with van der Waals surface area (Å²) in [5.74, 6) is 1.63.